The molecule has 0 unspecified atom stereocenters. The molecule has 41 heavy (non-hydrogen) atoms. The Bertz CT molecular complexity index is 1270. The van der Waals surface area contributed by atoms with Crippen LogP contribution in [-0.4, -0.2) is 40.5 Å². The highest BCUT2D eigenvalue weighted by Crippen LogP contribution is 2.42. The Labute approximate surface area is 237 Å². The number of benzene rings is 1. The van der Waals surface area contributed by atoms with Gasteiger partial charge >= 0.3 is 6.18 Å². The second-order valence-electron chi connectivity index (χ2n) is 12.1. The zero-order valence-corrected chi connectivity index (χ0v) is 23.7. The summed E-state index contributed by atoms with van der Waals surface area (Å²) < 4.78 is 67.0. The minimum atomic E-state index is -4.16. The second-order valence-corrected chi connectivity index (χ2v) is 12.1. The van der Waals surface area contributed by atoms with Crippen LogP contribution in [0.5, 0.6) is 0 Å². The van der Waals surface area contributed by atoms with Crippen molar-refractivity contribution < 1.29 is 31.5 Å². The van der Waals surface area contributed by atoms with E-state index in [2.05, 4.69) is 34.4 Å². The van der Waals surface area contributed by atoms with Crippen molar-refractivity contribution >= 4 is 17.5 Å². The normalized spacial score (nSPS) is 21.0. The fourth-order valence-electron chi connectivity index (χ4n) is 5.92. The number of pyridine rings is 1. The molecular weight excluding hydrogens is 543 g/mol. The smallest absolute Gasteiger partial charge is 0.352 e. The molecule has 1 aliphatic heterocycles. The molecule has 2 heterocycles. The monoisotopic (exact) mass is 580 g/mol. The van der Waals surface area contributed by atoms with Crippen LogP contribution in [0.4, 0.5) is 27.6 Å². The lowest BCUT2D eigenvalue weighted by Crippen LogP contribution is -2.48. The standard InChI is InChI=1S/C30H37F5N4O2/c1-17(2)27(40)37-14-18-11-23(25(26(31)32)36-13-18)28(41)38-21-7-10-24-19(12-21)15-39(16-29(24,3)4)22-8-5-20(6-9-22)30(33,34)35/h7,10-13,17,20,22,26H,5-6,8-9,14-16H2,1-4H3,(H,37,40)(H,38,41). The SMILES string of the molecule is CC(C)C(=O)NCc1cnc(C(F)F)c(C(=O)Nc2ccc3c(c2)CN(C2CCC(C(F)(F)F)CC2)CC3(C)C)c1. The van der Waals surface area contributed by atoms with E-state index >= 15 is 0 Å². The summed E-state index contributed by atoms with van der Waals surface area (Å²) >= 11 is 0. The number of hydrogen-bond donors (Lipinski definition) is 2. The number of anilines is 1. The van der Waals surface area contributed by atoms with Crippen molar-refractivity contribution in [2.24, 2.45) is 11.8 Å². The van der Waals surface area contributed by atoms with E-state index in [1.54, 1.807) is 19.9 Å². The van der Waals surface area contributed by atoms with Gasteiger partial charge in [-0.05, 0) is 60.6 Å². The van der Waals surface area contributed by atoms with Gasteiger partial charge in [0.15, 0.2) is 0 Å². The van der Waals surface area contributed by atoms with Crippen molar-refractivity contribution in [1.29, 1.82) is 0 Å². The van der Waals surface area contributed by atoms with E-state index in [9.17, 15) is 31.5 Å². The first kappa shape index (κ1) is 30.9. The molecule has 4 rings (SSSR count). The molecule has 0 spiro atoms. The molecule has 2 amide bonds. The van der Waals surface area contributed by atoms with Crippen LogP contribution in [0.15, 0.2) is 30.5 Å². The van der Waals surface area contributed by atoms with E-state index in [4.69, 9.17) is 0 Å². The third-order valence-electron chi connectivity index (χ3n) is 8.16. The Kier molecular flexibility index (Phi) is 9.06. The topological polar surface area (TPSA) is 74.3 Å². The van der Waals surface area contributed by atoms with Crippen molar-refractivity contribution in [3.63, 3.8) is 0 Å². The molecule has 2 N–H and O–H groups in total. The Morgan fingerprint density at radius 3 is 2.39 bits per heavy atom. The summed E-state index contributed by atoms with van der Waals surface area (Å²) in [6, 6.07) is 6.80. The summed E-state index contributed by atoms with van der Waals surface area (Å²) in [6.07, 6.45) is -4.72. The third-order valence-corrected chi connectivity index (χ3v) is 8.16. The summed E-state index contributed by atoms with van der Waals surface area (Å²) in [5, 5.41) is 5.40. The fraction of sp³-hybridized carbons (Fsp3) is 0.567. The molecule has 0 saturated heterocycles. The molecule has 1 aliphatic carbocycles. The number of rotatable bonds is 7. The number of amides is 2. The van der Waals surface area contributed by atoms with Crippen LogP contribution in [0, 0.1) is 11.8 Å². The van der Waals surface area contributed by atoms with Gasteiger partial charge in [0.25, 0.3) is 12.3 Å². The van der Waals surface area contributed by atoms with Gasteiger partial charge in [-0.2, -0.15) is 13.2 Å². The molecule has 0 bridgehead atoms. The molecule has 11 heteroatoms. The molecule has 224 valence electrons. The lowest BCUT2D eigenvalue weighted by atomic mass is 9.76. The van der Waals surface area contributed by atoms with Gasteiger partial charge in [-0.25, -0.2) is 8.78 Å². The van der Waals surface area contributed by atoms with Gasteiger partial charge in [0.05, 0.1) is 11.5 Å². The lowest BCUT2D eigenvalue weighted by molar-refractivity contribution is -0.184. The molecule has 0 radical (unpaired) electrons. The summed E-state index contributed by atoms with van der Waals surface area (Å²) in [6.45, 7) is 8.90. The number of hydrogen-bond acceptors (Lipinski definition) is 4. The molecule has 1 aromatic carbocycles. The van der Waals surface area contributed by atoms with E-state index in [1.165, 1.54) is 12.3 Å². The van der Waals surface area contributed by atoms with Gasteiger partial charge in [0.2, 0.25) is 5.91 Å². The van der Waals surface area contributed by atoms with Gasteiger partial charge in [-0.3, -0.25) is 19.5 Å². The lowest BCUT2D eigenvalue weighted by Gasteiger charge is -2.45. The summed E-state index contributed by atoms with van der Waals surface area (Å²) in [7, 11) is 0. The Balaban J connectivity index is 1.51. The summed E-state index contributed by atoms with van der Waals surface area (Å²) in [4.78, 5) is 31.1. The maximum atomic E-state index is 13.7. The van der Waals surface area contributed by atoms with Gasteiger partial charge in [-0.15, -0.1) is 0 Å². The van der Waals surface area contributed by atoms with Crippen LogP contribution in [0.1, 0.15) is 92.5 Å². The predicted octanol–water partition coefficient (Wildman–Crippen LogP) is 6.76. The number of alkyl halides is 5. The van der Waals surface area contributed by atoms with Crippen molar-refractivity contribution in [2.75, 3.05) is 11.9 Å². The number of nitrogens with zero attached hydrogens (tertiary/aromatic N) is 2. The average Bonchev–Trinajstić information content (AvgIpc) is 2.90. The first-order valence-corrected chi connectivity index (χ1v) is 14.0. The summed E-state index contributed by atoms with van der Waals surface area (Å²) in [5.74, 6) is -2.47. The zero-order chi connectivity index (χ0) is 30.1. The van der Waals surface area contributed by atoms with Gasteiger partial charge < -0.3 is 10.6 Å². The quantitative estimate of drug-likeness (QED) is 0.355. The van der Waals surface area contributed by atoms with E-state index in [-0.39, 0.29) is 48.2 Å². The molecule has 1 fully saturated rings. The molecule has 0 atom stereocenters. The van der Waals surface area contributed by atoms with Gasteiger partial charge in [0, 0.05) is 48.9 Å². The van der Waals surface area contributed by atoms with E-state index in [1.807, 2.05) is 12.1 Å². The Hall–Kier alpha value is -3.08. The highest BCUT2D eigenvalue weighted by molar-refractivity contribution is 6.05. The number of fused-ring (bicyclic) bond motifs is 1. The zero-order valence-electron chi connectivity index (χ0n) is 23.7. The maximum Gasteiger partial charge on any atom is 0.391 e. The first-order chi connectivity index (χ1) is 19.2. The number of carbonyl (C=O) groups excluding carboxylic acids is 2. The number of carbonyl (C=O) groups is 2. The van der Waals surface area contributed by atoms with Crippen LogP contribution in [0.3, 0.4) is 0 Å². The molecule has 2 aromatic rings. The van der Waals surface area contributed by atoms with E-state index in [0.717, 1.165) is 11.1 Å². The largest absolute Gasteiger partial charge is 0.391 e. The van der Waals surface area contributed by atoms with Crippen LogP contribution in [0.25, 0.3) is 0 Å². The van der Waals surface area contributed by atoms with Crippen molar-refractivity contribution in [1.82, 2.24) is 15.2 Å². The Morgan fingerprint density at radius 1 is 1.10 bits per heavy atom. The number of nitrogens with one attached hydrogen (secondary N) is 2. The first-order valence-electron chi connectivity index (χ1n) is 14.0. The van der Waals surface area contributed by atoms with E-state index in [0.29, 0.717) is 37.2 Å². The summed E-state index contributed by atoms with van der Waals surface area (Å²) in [5.41, 5.74) is 1.66. The van der Waals surface area contributed by atoms with Gasteiger partial charge in [-0.1, -0.05) is 33.8 Å². The molecular formula is C30H37F5N4O2. The maximum absolute atomic E-state index is 13.7. The molecule has 1 aromatic heterocycles. The van der Waals surface area contributed by atoms with Crippen molar-refractivity contribution in [2.45, 2.75) is 90.5 Å². The van der Waals surface area contributed by atoms with Crippen LogP contribution < -0.4 is 10.6 Å². The van der Waals surface area contributed by atoms with Gasteiger partial charge in [0.1, 0.15) is 5.69 Å². The average molecular weight is 581 g/mol. The highest BCUT2D eigenvalue weighted by Gasteiger charge is 2.43. The van der Waals surface area contributed by atoms with Crippen LogP contribution in [-0.2, 0) is 23.3 Å². The molecule has 2 aliphatic rings. The molecule has 6 nitrogen and oxygen atoms in total. The molecule has 1 saturated carbocycles. The Morgan fingerprint density at radius 2 is 1.78 bits per heavy atom. The number of halogens is 5. The third kappa shape index (κ3) is 7.23. The number of aromatic nitrogens is 1. The van der Waals surface area contributed by atoms with E-state index < -0.39 is 30.1 Å². The highest BCUT2D eigenvalue weighted by atomic mass is 19.4. The van der Waals surface area contributed by atoms with Crippen molar-refractivity contribution in [3.8, 4) is 0 Å². The fourth-order valence-corrected chi connectivity index (χ4v) is 5.92. The minimum absolute atomic E-state index is 0.0397. The van der Waals surface area contributed by atoms with Crippen LogP contribution >= 0.6 is 0 Å². The minimum Gasteiger partial charge on any atom is -0.352 e. The predicted molar refractivity (Wildman–Crippen MR) is 146 cm³/mol. The second kappa shape index (κ2) is 12.0. The van der Waals surface area contributed by atoms with Crippen molar-refractivity contribution in [3.05, 3.63) is 58.4 Å². The van der Waals surface area contributed by atoms with Crippen LogP contribution in [0.2, 0.25) is 0 Å².